The normalized spacial score (nSPS) is 14.4. The first-order valence-corrected chi connectivity index (χ1v) is 10.8. The predicted octanol–water partition coefficient (Wildman–Crippen LogP) is 4.46. The maximum Gasteiger partial charge on any atom is 0.283 e. The second-order valence-corrected chi connectivity index (χ2v) is 8.44. The van der Waals surface area contributed by atoms with Gasteiger partial charge in [-0.3, -0.25) is 25.1 Å². The van der Waals surface area contributed by atoms with E-state index in [-0.39, 0.29) is 16.3 Å². The van der Waals surface area contributed by atoms with E-state index in [1.807, 2.05) is 30.3 Å². The fraction of sp³-hybridized carbons (Fsp3) is 0.238. The molecule has 2 heterocycles. The number of aromatic nitrogens is 1. The van der Waals surface area contributed by atoms with Gasteiger partial charge in [0.05, 0.1) is 23.8 Å². The van der Waals surface area contributed by atoms with E-state index in [1.54, 1.807) is 0 Å². The number of nitro groups is 1. The second kappa shape index (κ2) is 9.52. The summed E-state index contributed by atoms with van der Waals surface area (Å²) in [7, 11) is 0. The van der Waals surface area contributed by atoms with E-state index in [0.29, 0.717) is 24.9 Å². The molecular weight excluding hydrogens is 440 g/mol. The van der Waals surface area contributed by atoms with Crippen LogP contribution >= 0.6 is 22.9 Å². The zero-order valence-electron chi connectivity index (χ0n) is 16.4. The van der Waals surface area contributed by atoms with Gasteiger partial charge in [-0.2, -0.15) is 0 Å². The lowest BCUT2D eigenvalue weighted by Gasteiger charge is -2.26. The van der Waals surface area contributed by atoms with Crippen LogP contribution in [-0.2, 0) is 11.3 Å². The molecule has 1 aromatic heterocycles. The number of hydrogen-bond donors (Lipinski definition) is 1. The highest BCUT2D eigenvalue weighted by molar-refractivity contribution is 7.16. The van der Waals surface area contributed by atoms with Crippen molar-refractivity contribution in [3.05, 3.63) is 74.1 Å². The molecule has 0 spiro atoms. The van der Waals surface area contributed by atoms with Gasteiger partial charge in [0.2, 0.25) is 0 Å². The van der Waals surface area contributed by atoms with Crippen molar-refractivity contribution in [1.82, 2.24) is 9.88 Å². The first-order valence-electron chi connectivity index (χ1n) is 9.62. The van der Waals surface area contributed by atoms with Crippen LogP contribution < -0.4 is 5.32 Å². The van der Waals surface area contributed by atoms with E-state index in [2.05, 4.69) is 15.2 Å². The number of nitrogens with zero attached hydrogens (tertiary/aromatic N) is 3. The number of anilines is 1. The molecule has 0 radical (unpaired) electrons. The van der Waals surface area contributed by atoms with Crippen LogP contribution in [0.1, 0.15) is 15.2 Å². The number of amides is 1. The summed E-state index contributed by atoms with van der Waals surface area (Å²) in [6.45, 7) is 3.70. The summed E-state index contributed by atoms with van der Waals surface area (Å²) in [5, 5.41) is 14.6. The molecule has 0 bridgehead atoms. The monoisotopic (exact) mass is 458 g/mol. The van der Waals surface area contributed by atoms with Crippen molar-refractivity contribution in [2.24, 2.45) is 0 Å². The molecule has 1 aliphatic heterocycles. The van der Waals surface area contributed by atoms with Gasteiger partial charge in [0, 0.05) is 41.2 Å². The first-order chi connectivity index (χ1) is 15.0. The van der Waals surface area contributed by atoms with Gasteiger partial charge in [-0.05, 0) is 12.1 Å². The van der Waals surface area contributed by atoms with E-state index < -0.39 is 10.8 Å². The van der Waals surface area contributed by atoms with Crippen molar-refractivity contribution in [1.29, 1.82) is 0 Å². The van der Waals surface area contributed by atoms with Gasteiger partial charge >= 0.3 is 0 Å². The van der Waals surface area contributed by atoms with Crippen LogP contribution in [-0.4, -0.2) is 47.0 Å². The number of thiazole rings is 1. The number of hydrogen-bond acceptors (Lipinski definition) is 7. The molecule has 1 N–H and O–H groups in total. The Balaban J connectivity index is 1.63. The summed E-state index contributed by atoms with van der Waals surface area (Å²) in [6.07, 6.45) is 0. The number of carbonyl (C=O) groups excluding carboxylic acids is 1. The van der Waals surface area contributed by atoms with Gasteiger partial charge in [-0.1, -0.05) is 53.3 Å². The Labute approximate surface area is 187 Å². The molecule has 1 aliphatic rings. The number of rotatable bonds is 6. The van der Waals surface area contributed by atoms with Crippen molar-refractivity contribution in [2.45, 2.75) is 6.54 Å². The zero-order chi connectivity index (χ0) is 21.8. The van der Waals surface area contributed by atoms with Crippen LogP contribution in [0.15, 0.2) is 48.5 Å². The third-order valence-corrected chi connectivity index (χ3v) is 6.03. The van der Waals surface area contributed by atoms with Gasteiger partial charge in [-0.15, -0.1) is 0 Å². The molecule has 1 amide bonds. The summed E-state index contributed by atoms with van der Waals surface area (Å²) in [5.41, 5.74) is 1.32. The molecule has 0 saturated carbocycles. The van der Waals surface area contributed by atoms with Crippen LogP contribution in [0.5, 0.6) is 0 Å². The first kappa shape index (κ1) is 21.4. The highest BCUT2D eigenvalue weighted by Gasteiger charge is 2.23. The summed E-state index contributed by atoms with van der Waals surface area (Å²) >= 11 is 7.22. The predicted molar refractivity (Wildman–Crippen MR) is 120 cm³/mol. The number of halogens is 1. The number of nitro benzene ring substituents is 1. The van der Waals surface area contributed by atoms with Gasteiger partial charge in [0.1, 0.15) is 5.56 Å². The van der Waals surface area contributed by atoms with Crippen molar-refractivity contribution in [3.63, 3.8) is 0 Å². The second-order valence-electron chi connectivity index (χ2n) is 6.92. The maximum absolute atomic E-state index is 12.8. The minimum absolute atomic E-state index is 0.0689. The number of ether oxygens (including phenoxy) is 1. The number of nitrogens with one attached hydrogen (secondary N) is 1. The lowest BCUT2D eigenvalue weighted by molar-refractivity contribution is -0.385. The lowest BCUT2D eigenvalue weighted by Crippen LogP contribution is -2.35. The Morgan fingerprint density at radius 2 is 1.97 bits per heavy atom. The standard InChI is InChI=1S/C21H19ClN4O4S/c22-15-6-7-16(17(12-15)26(28)29)20(27)24-21-23-19(14-4-2-1-3-5-14)18(31-21)13-25-8-10-30-11-9-25/h1-7,12H,8-11,13H2,(H,23,24,27). The number of carbonyl (C=O) groups is 1. The molecule has 160 valence electrons. The minimum atomic E-state index is -0.623. The topological polar surface area (TPSA) is 97.6 Å². The average molecular weight is 459 g/mol. The highest BCUT2D eigenvalue weighted by Crippen LogP contribution is 2.33. The molecule has 3 aromatic rings. The quantitative estimate of drug-likeness (QED) is 0.432. The fourth-order valence-corrected chi connectivity index (χ4v) is 4.50. The molecule has 8 nitrogen and oxygen atoms in total. The molecule has 0 atom stereocenters. The number of benzene rings is 2. The van der Waals surface area contributed by atoms with Crippen molar-refractivity contribution >= 4 is 39.7 Å². The molecule has 2 aromatic carbocycles. The molecule has 1 saturated heterocycles. The highest BCUT2D eigenvalue weighted by atomic mass is 35.5. The SMILES string of the molecule is O=C(Nc1nc(-c2ccccc2)c(CN2CCOCC2)s1)c1ccc(Cl)cc1[N+](=O)[O-]. The van der Waals surface area contributed by atoms with Crippen LogP contribution in [0.2, 0.25) is 5.02 Å². The molecule has 1 fully saturated rings. The van der Waals surface area contributed by atoms with Gasteiger partial charge < -0.3 is 4.74 Å². The molecule has 10 heteroatoms. The van der Waals surface area contributed by atoms with Gasteiger partial charge in [0.25, 0.3) is 11.6 Å². The third-order valence-electron chi connectivity index (χ3n) is 4.84. The van der Waals surface area contributed by atoms with Gasteiger partial charge in [0.15, 0.2) is 5.13 Å². The van der Waals surface area contributed by atoms with Gasteiger partial charge in [-0.25, -0.2) is 4.98 Å². The Morgan fingerprint density at radius 1 is 1.23 bits per heavy atom. The Kier molecular flexibility index (Phi) is 6.57. The summed E-state index contributed by atoms with van der Waals surface area (Å²) in [4.78, 5) is 31.4. The lowest BCUT2D eigenvalue weighted by atomic mass is 10.1. The Morgan fingerprint density at radius 3 is 2.68 bits per heavy atom. The van der Waals surface area contributed by atoms with Crippen molar-refractivity contribution in [2.75, 3.05) is 31.6 Å². The van der Waals surface area contributed by atoms with E-state index in [1.165, 1.54) is 23.5 Å². The Bertz CT molecular complexity index is 1100. The summed E-state index contributed by atoms with van der Waals surface area (Å²) in [6, 6.07) is 13.7. The van der Waals surface area contributed by atoms with Crippen molar-refractivity contribution < 1.29 is 14.5 Å². The van der Waals surface area contributed by atoms with E-state index in [9.17, 15) is 14.9 Å². The average Bonchev–Trinajstić information content (AvgIpc) is 3.16. The third kappa shape index (κ3) is 5.08. The van der Waals surface area contributed by atoms with Crippen molar-refractivity contribution in [3.8, 4) is 11.3 Å². The Hall–Kier alpha value is -2.85. The summed E-state index contributed by atoms with van der Waals surface area (Å²) in [5.74, 6) is -0.602. The number of morpholine rings is 1. The maximum atomic E-state index is 12.8. The van der Waals surface area contributed by atoms with Crippen LogP contribution in [0.3, 0.4) is 0 Å². The smallest absolute Gasteiger partial charge is 0.283 e. The fourth-order valence-electron chi connectivity index (χ4n) is 3.31. The molecule has 0 aliphatic carbocycles. The zero-order valence-corrected chi connectivity index (χ0v) is 18.0. The van der Waals surface area contributed by atoms with Crippen LogP contribution in [0.25, 0.3) is 11.3 Å². The summed E-state index contributed by atoms with van der Waals surface area (Å²) < 4.78 is 5.42. The van der Waals surface area contributed by atoms with E-state index in [4.69, 9.17) is 16.3 Å². The molecule has 0 unspecified atom stereocenters. The largest absolute Gasteiger partial charge is 0.379 e. The molecular formula is C21H19ClN4O4S. The molecule has 31 heavy (non-hydrogen) atoms. The minimum Gasteiger partial charge on any atom is -0.379 e. The van der Waals surface area contributed by atoms with E-state index in [0.717, 1.165) is 35.3 Å². The van der Waals surface area contributed by atoms with E-state index >= 15 is 0 Å². The van der Waals surface area contributed by atoms with Crippen LogP contribution in [0.4, 0.5) is 10.8 Å². The molecule has 4 rings (SSSR count). The van der Waals surface area contributed by atoms with Crippen LogP contribution in [0, 0.1) is 10.1 Å².